The van der Waals surface area contributed by atoms with Crippen molar-refractivity contribution >= 4 is 17.8 Å². The van der Waals surface area contributed by atoms with Gasteiger partial charge in [-0.1, -0.05) is 37.1 Å². The molecule has 5 heteroatoms. The van der Waals surface area contributed by atoms with Crippen LogP contribution >= 0.6 is 11.8 Å². The smallest absolute Gasteiger partial charge is 0.315 e. The minimum absolute atomic E-state index is 0.0308. The molecule has 20 heavy (non-hydrogen) atoms. The van der Waals surface area contributed by atoms with Crippen LogP contribution in [-0.4, -0.2) is 29.1 Å². The van der Waals surface area contributed by atoms with Gasteiger partial charge in [-0.2, -0.15) is 11.8 Å². The fraction of sp³-hybridized carbons (Fsp3) is 0.533. The number of unbranched alkanes of at least 4 members (excludes halogenated alkanes) is 1. The second-order valence-electron chi connectivity index (χ2n) is 5.46. The lowest BCUT2D eigenvalue weighted by molar-refractivity contribution is -0.307. The lowest BCUT2D eigenvalue weighted by Gasteiger charge is -2.18. The van der Waals surface area contributed by atoms with Crippen molar-refractivity contribution in [2.45, 2.75) is 43.0 Å². The first-order chi connectivity index (χ1) is 9.74. The summed E-state index contributed by atoms with van der Waals surface area (Å²) >= 11 is 1.93. The summed E-state index contributed by atoms with van der Waals surface area (Å²) in [6.45, 7) is 0. The van der Waals surface area contributed by atoms with Gasteiger partial charge in [-0.3, -0.25) is 0 Å². The van der Waals surface area contributed by atoms with Gasteiger partial charge in [0.1, 0.15) is 0 Å². The number of hydrogen-bond donors (Lipinski definition) is 2. The number of carbonyl (C=O) groups is 1. The van der Waals surface area contributed by atoms with Crippen molar-refractivity contribution in [3.8, 4) is 0 Å². The van der Waals surface area contributed by atoms with Crippen LogP contribution in [0.1, 0.15) is 25.7 Å². The van der Waals surface area contributed by atoms with E-state index in [4.69, 9.17) is 0 Å². The predicted octanol–water partition coefficient (Wildman–Crippen LogP) is 1.45. The molecule has 0 unspecified atom stereocenters. The first-order valence-electron chi connectivity index (χ1n) is 7.17. The van der Waals surface area contributed by atoms with Crippen molar-refractivity contribution < 1.29 is 9.90 Å². The van der Waals surface area contributed by atoms with E-state index in [-0.39, 0.29) is 17.8 Å². The van der Waals surface area contributed by atoms with Crippen LogP contribution in [0.25, 0.3) is 0 Å². The molecule has 2 N–H and O–H groups in total. The summed E-state index contributed by atoms with van der Waals surface area (Å²) in [5.74, 6) is 1.24. The molecule has 1 aliphatic carbocycles. The van der Waals surface area contributed by atoms with Crippen LogP contribution in [0, 0.1) is 0 Å². The standard InChI is InChI=1S/C15H20N2O2S/c18-12(10-5-1-2-6-10)7-3-4-8-13-14-11(9-20-13)16-15(19)17-14/h1-2,5-6,11,13-14,18H,3-4,7-9H2,(H2,16,17,19)/p-1/t11-,13-,14-/m0/s1. The summed E-state index contributed by atoms with van der Waals surface area (Å²) in [7, 11) is 0. The zero-order valence-electron chi connectivity index (χ0n) is 11.3. The Kier molecular flexibility index (Phi) is 4.05. The summed E-state index contributed by atoms with van der Waals surface area (Å²) in [5.41, 5.74) is 0.826. The maximum atomic E-state index is 11.9. The number of rotatable bonds is 5. The van der Waals surface area contributed by atoms with E-state index < -0.39 is 0 Å². The number of amides is 2. The molecule has 2 heterocycles. The molecule has 108 valence electrons. The van der Waals surface area contributed by atoms with Crippen molar-refractivity contribution in [2.75, 3.05) is 5.75 Å². The molecule has 0 aromatic carbocycles. The maximum Gasteiger partial charge on any atom is 0.315 e. The van der Waals surface area contributed by atoms with Crippen molar-refractivity contribution in [3.63, 3.8) is 0 Å². The largest absolute Gasteiger partial charge is 0.875 e. The molecule has 2 saturated heterocycles. The topological polar surface area (TPSA) is 64.2 Å². The van der Waals surface area contributed by atoms with Crippen LogP contribution in [0.15, 0.2) is 35.6 Å². The highest BCUT2D eigenvalue weighted by molar-refractivity contribution is 8.00. The van der Waals surface area contributed by atoms with E-state index in [1.54, 1.807) is 0 Å². The normalized spacial score (nSPS) is 30.5. The molecule has 0 spiro atoms. The first-order valence-corrected chi connectivity index (χ1v) is 8.22. The average molecular weight is 291 g/mol. The maximum absolute atomic E-state index is 11.9. The fourth-order valence-electron chi connectivity index (χ4n) is 2.98. The molecule has 3 rings (SSSR count). The van der Waals surface area contributed by atoms with Crippen LogP contribution in [-0.2, 0) is 0 Å². The average Bonchev–Trinajstić information content (AvgIpc) is 3.11. The van der Waals surface area contributed by atoms with Crippen LogP contribution < -0.4 is 15.7 Å². The van der Waals surface area contributed by atoms with Gasteiger partial charge in [0.25, 0.3) is 0 Å². The number of nitrogens with one attached hydrogen (secondary N) is 2. The SMILES string of the molecule is O=C1N[C@H]2[C@H](CS[C@H]2CCCCC([O-])=C2C=CC=C2)N1. The summed E-state index contributed by atoms with van der Waals surface area (Å²) in [6.07, 6.45) is 11.2. The molecule has 2 fully saturated rings. The zero-order valence-corrected chi connectivity index (χ0v) is 12.1. The Hall–Kier alpha value is -1.36. The third kappa shape index (κ3) is 2.87. The van der Waals surface area contributed by atoms with Crippen LogP contribution in [0.2, 0.25) is 0 Å². The van der Waals surface area contributed by atoms with E-state index in [2.05, 4.69) is 10.6 Å². The molecule has 2 amide bonds. The van der Waals surface area contributed by atoms with E-state index in [1.807, 2.05) is 36.1 Å². The van der Waals surface area contributed by atoms with Gasteiger partial charge in [0.15, 0.2) is 0 Å². The molecular weight excluding hydrogens is 272 g/mol. The van der Waals surface area contributed by atoms with Crippen LogP contribution in [0.5, 0.6) is 0 Å². The molecule has 0 radical (unpaired) electrons. The number of thioether (sulfide) groups is 1. The van der Waals surface area contributed by atoms with E-state index >= 15 is 0 Å². The van der Waals surface area contributed by atoms with E-state index in [1.165, 1.54) is 0 Å². The summed E-state index contributed by atoms with van der Waals surface area (Å²) in [5, 5.41) is 18.3. The van der Waals surface area contributed by atoms with Gasteiger partial charge in [0, 0.05) is 11.0 Å². The van der Waals surface area contributed by atoms with E-state index in [9.17, 15) is 9.90 Å². The molecule has 2 aliphatic heterocycles. The Labute approximate surface area is 123 Å². The van der Waals surface area contributed by atoms with Crippen molar-refractivity contribution in [3.05, 3.63) is 35.6 Å². The zero-order chi connectivity index (χ0) is 13.9. The second kappa shape index (κ2) is 5.95. The molecule has 0 saturated carbocycles. The van der Waals surface area contributed by atoms with E-state index in [0.717, 1.165) is 30.6 Å². The summed E-state index contributed by atoms with van der Waals surface area (Å²) < 4.78 is 0. The van der Waals surface area contributed by atoms with Crippen LogP contribution in [0.3, 0.4) is 0 Å². The number of hydrogen-bond acceptors (Lipinski definition) is 3. The van der Waals surface area contributed by atoms with E-state index in [0.29, 0.717) is 17.7 Å². The minimum Gasteiger partial charge on any atom is -0.875 e. The monoisotopic (exact) mass is 291 g/mol. The highest BCUT2D eigenvalue weighted by atomic mass is 32.2. The Balaban J connectivity index is 1.40. The summed E-state index contributed by atoms with van der Waals surface area (Å²) in [4.78, 5) is 11.3. The van der Waals surface area contributed by atoms with Gasteiger partial charge >= 0.3 is 6.03 Å². The quantitative estimate of drug-likeness (QED) is 0.458. The van der Waals surface area contributed by atoms with Crippen molar-refractivity contribution in [1.29, 1.82) is 0 Å². The number of fused-ring (bicyclic) bond motifs is 1. The van der Waals surface area contributed by atoms with Gasteiger partial charge < -0.3 is 15.7 Å². The van der Waals surface area contributed by atoms with Gasteiger partial charge in [0.05, 0.1) is 12.1 Å². The van der Waals surface area contributed by atoms with Gasteiger partial charge in [-0.25, -0.2) is 4.79 Å². The molecular formula is C15H19N2O2S-. The third-order valence-electron chi connectivity index (χ3n) is 4.07. The number of allylic oxidation sites excluding steroid dienone is 6. The molecule has 3 atom stereocenters. The number of urea groups is 1. The Morgan fingerprint density at radius 2 is 2.10 bits per heavy atom. The summed E-state index contributed by atoms with van der Waals surface area (Å²) in [6, 6.07) is 0.540. The van der Waals surface area contributed by atoms with Crippen molar-refractivity contribution in [1.82, 2.24) is 10.6 Å². The molecule has 3 aliphatic rings. The molecule has 0 bridgehead atoms. The third-order valence-corrected chi connectivity index (χ3v) is 5.57. The molecule has 4 nitrogen and oxygen atoms in total. The minimum atomic E-state index is -0.0308. The Bertz CT molecular complexity index is 470. The Morgan fingerprint density at radius 3 is 2.90 bits per heavy atom. The Morgan fingerprint density at radius 1 is 1.30 bits per heavy atom. The first kappa shape index (κ1) is 13.6. The second-order valence-corrected chi connectivity index (χ2v) is 6.74. The van der Waals surface area contributed by atoms with Gasteiger partial charge in [0.2, 0.25) is 0 Å². The molecule has 0 aromatic heterocycles. The van der Waals surface area contributed by atoms with Crippen LogP contribution in [0.4, 0.5) is 4.79 Å². The fourth-order valence-corrected chi connectivity index (χ4v) is 4.52. The highest BCUT2D eigenvalue weighted by Crippen LogP contribution is 2.33. The molecule has 0 aromatic rings. The number of carbonyl (C=O) groups excluding carboxylic acids is 1. The predicted molar refractivity (Wildman–Crippen MR) is 79.3 cm³/mol. The lowest BCUT2D eigenvalue weighted by Crippen LogP contribution is -2.36. The van der Waals surface area contributed by atoms with Gasteiger partial charge in [-0.05, 0) is 18.4 Å². The van der Waals surface area contributed by atoms with Crippen molar-refractivity contribution in [2.24, 2.45) is 0 Å². The lowest BCUT2D eigenvalue weighted by atomic mass is 10.0. The highest BCUT2D eigenvalue weighted by Gasteiger charge is 2.42. The van der Waals surface area contributed by atoms with Gasteiger partial charge in [-0.15, -0.1) is 5.76 Å².